The fourth-order valence-electron chi connectivity index (χ4n) is 1.36. The minimum absolute atomic E-state index is 0.0286. The number of anilines is 1. The number of carboxylic acid groups (broad SMARTS) is 1. The Kier molecular flexibility index (Phi) is 4.12. The topological polar surface area (TPSA) is 60.8 Å². The van der Waals surface area contributed by atoms with Crippen LogP contribution in [-0.4, -0.2) is 36.4 Å². The van der Waals surface area contributed by atoms with E-state index in [1.165, 1.54) is 0 Å². The molecule has 0 heterocycles. The fraction of sp³-hybridized carbons (Fsp3) is 0.364. The molecule has 0 fully saturated rings. The molecular formula is C11H15NO3. The maximum absolute atomic E-state index is 10.5. The predicted molar refractivity (Wildman–Crippen MR) is 58.1 cm³/mol. The molecule has 4 nitrogen and oxygen atoms in total. The Morgan fingerprint density at radius 3 is 2.80 bits per heavy atom. The highest BCUT2D eigenvalue weighted by molar-refractivity contribution is 5.70. The Morgan fingerprint density at radius 1 is 1.47 bits per heavy atom. The molecule has 0 aliphatic heterocycles. The summed E-state index contributed by atoms with van der Waals surface area (Å²) in [5.74, 6) is -0.836. The Bertz CT molecular complexity index is 338. The molecular weight excluding hydrogens is 194 g/mol. The number of hydrogen-bond acceptors (Lipinski definition) is 3. The number of rotatable bonds is 5. The van der Waals surface area contributed by atoms with E-state index >= 15 is 0 Å². The molecule has 4 heteroatoms. The second-order valence-corrected chi connectivity index (χ2v) is 3.39. The van der Waals surface area contributed by atoms with Gasteiger partial charge in [0, 0.05) is 19.3 Å². The van der Waals surface area contributed by atoms with Crippen LogP contribution < -0.4 is 4.90 Å². The average Bonchev–Trinajstić information content (AvgIpc) is 2.17. The van der Waals surface area contributed by atoms with E-state index in [4.69, 9.17) is 10.2 Å². The lowest BCUT2D eigenvalue weighted by atomic mass is 10.1. The lowest BCUT2D eigenvalue weighted by Gasteiger charge is -2.18. The molecule has 0 aliphatic carbocycles. The van der Waals surface area contributed by atoms with Gasteiger partial charge in [0.05, 0.1) is 13.0 Å². The first-order valence-electron chi connectivity index (χ1n) is 4.76. The maximum atomic E-state index is 10.5. The zero-order valence-electron chi connectivity index (χ0n) is 8.68. The van der Waals surface area contributed by atoms with E-state index in [9.17, 15) is 4.79 Å². The van der Waals surface area contributed by atoms with Gasteiger partial charge in [0.15, 0.2) is 0 Å². The smallest absolute Gasteiger partial charge is 0.307 e. The minimum atomic E-state index is -0.836. The van der Waals surface area contributed by atoms with Gasteiger partial charge in [-0.2, -0.15) is 0 Å². The SMILES string of the molecule is CN(CCO)c1cccc(CC(=O)O)c1. The number of aliphatic hydroxyl groups is 1. The van der Waals surface area contributed by atoms with Crippen LogP contribution in [0, 0.1) is 0 Å². The third kappa shape index (κ3) is 3.59. The van der Waals surface area contributed by atoms with Gasteiger partial charge in [-0.25, -0.2) is 0 Å². The van der Waals surface area contributed by atoms with E-state index in [0.717, 1.165) is 11.3 Å². The van der Waals surface area contributed by atoms with Crippen LogP contribution >= 0.6 is 0 Å². The number of aliphatic hydroxyl groups excluding tert-OH is 1. The number of nitrogens with zero attached hydrogens (tertiary/aromatic N) is 1. The number of benzene rings is 1. The van der Waals surface area contributed by atoms with Gasteiger partial charge in [-0.3, -0.25) is 4.79 Å². The van der Waals surface area contributed by atoms with E-state index in [1.54, 1.807) is 6.07 Å². The molecule has 0 aliphatic rings. The first-order chi connectivity index (χ1) is 7.13. The summed E-state index contributed by atoms with van der Waals surface area (Å²) in [5.41, 5.74) is 1.69. The van der Waals surface area contributed by atoms with Crippen LogP contribution in [0.1, 0.15) is 5.56 Å². The van der Waals surface area contributed by atoms with Gasteiger partial charge < -0.3 is 15.1 Å². The van der Waals surface area contributed by atoms with Crippen molar-refractivity contribution in [1.29, 1.82) is 0 Å². The van der Waals surface area contributed by atoms with Gasteiger partial charge in [0.1, 0.15) is 0 Å². The summed E-state index contributed by atoms with van der Waals surface area (Å²) in [6.45, 7) is 0.621. The second-order valence-electron chi connectivity index (χ2n) is 3.39. The summed E-state index contributed by atoms with van der Waals surface area (Å²) in [5, 5.41) is 17.4. The molecule has 1 aromatic carbocycles. The standard InChI is InChI=1S/C11H15NO3/c1-12(5-6-13)10-4-2-3-9(7-10)8-11(14)15/h2-4,7,13H,5-6,8H2,1H3,(H,14,15). The zero-order chi connectivity index (χ0) is 11.3. The normalized spacial score (nSPS) is 10.0. The fourth-order valence-corrected chi connectivity index (χ4v) is 1.36. The molecule has 0 saturated carbocycles. The van der Waals surface area contributed by atoms with E-state index in [-0.39, 0.29) is 13.0 Å². The molecule has 0 saturated heterocycles. The summed E-state index contributed by atoms with van der Waals surface area (Å²) in [7, 11) is 1.86. The molecule has 82 valence electrons. The van der Waals surface area contributed by atoms with Crippen molar-refractivity contribution in [3.8, 4) is 0 Å². The van der Waals surface area contributed by atoms with E-state index in [0.29, 0.717) is 6.54 Å². The molecule has 2 N–H and O–H groups in total. The van der Waals surface area contributed by atoms with Crippen molar-refractivity contribution in [3.63, 3.8) is 0 Å². The van der Waals surface area contributed by atoms with Gasteiger partial charge in [-0.15, -0.1) is 0 Å². The second kappa shape index (κ2) is 5.36. The van der Waals surface area contributed by atoms with Gasteiger partial charge >= 0.3 is 5.97 Å². The van der Waals surface area contributed by atoms with E-state index in [1.807, 2.05) is 30.1 Å². The molecule has 0 bridgehead atoms. The molecule has 0 unspecified atom stereocenters. The Labute approximate surface area is 88.8 Å². The van der Waals surface area contributed by atoms with Crippen molar-refractivity contribution < 1.29 is 15.0 Å². The van der Waals surface area contributed by atoms with Gasteiger partial charge in [0.25, 0.3) is 0 Å². The minimum Gasteiger partial charge on any atom is -0.481 e. The predicted octanol–water partition coefficient (Wildman–Crippen LogP) is 0.742. The lowest BCUT2D eigenvalue weighted by Crippen LogP contribution is -2.21. The first kappa shape index (κ1) is 11.5. The van der Waals surface area contributed by atoms with Crippen LogP contribution in [0.5, 0.6) is 0 Å². The largest absolute Gasteiger partial charge is 0.481 e. The number of aliphatic carboxylic acids is 1. The van der Waals surface area contributed by atoms with Crippen LogP contribution in [0.15, 0.2) is 24.3 Å². The quantitative estimate of drug-likeness (QED) is 0.751. The van der Waals surface area contributed by atoms with Crippen LogP contribution in [0.3, 0.4) is 0 Å². The van der Waals surface area contributed by atoms with E-state index in [2.05, 4.69) is 0 Å². The van der Waals surface area contributed by atoms with Gasteiger partial charge in [-0.1, -0.05) is 12.1 Å². The van der Waals surface area contributed by atoms with Gasteiger partial charge in [0.2, 0.25) is 0 Å². The molecule has 0 spiro atoms. The molecule has 1 aromatic rings. The highest BCUT2D eigenvalue weighted by Crippen LogP contribution is 2.14. The summed E-state index contributed by atoms with van der Waals surface area (Å²) in [6, 6.07) is 7.32. The third-order valence-electron chi connectivity index (χ3n) is 2.14. The molecule has 0 atom stereocenters. The Morgan fingerprint density at radius 2 is 2.20 bits per heavy atom. The van der Waals surface area contributed by atoms with Crippen molar-refractivity contribution in [3.05, 3.63) is 29.8 Å². The summed E-state index contributed by atoms with van der Waals surface area (Å²) in [6.07, 6.45) is 0.0286. The zero-order valence-corrected chi connectivity index (χ0v) is 8.68. The Hall–Kier alpha value is -1.55. The molecule has 0 amide bonds. The van der Waals surface area contributed by atoms with Crippen molar-refractivity contribution in [2.75, 3.05) is 25.1 Å². The van der Waals surface area contributed by atoms with Crippen LogP contribution in [0.4, 0.5) is 5.69 Å². The van der Waals surface area contributed by atoms with E-state index < -0.39 is 5.97 Å². The van der Waals surface area contributed by atoms with Crippen LogP contribution in [-0.2, 0) is 11.2 Å². The van der Waals surface area contributed by atoms with Crippen molar-refractivity contribution in [1.82, 2.24) is 0 Å². The third-order valence-corrected chi connectivity index (χ3v) is 2.14. The van der Waals surface area contributed by atoms with Crippen molar-refractivity contribution in [2.24, 2.45) is 0 Å². The molecule has 0 radical (unpaired) electrons. The number of carbonyl (C=O) groups is 1. The van der Waals surface area contributed by atoms with Crippen LogP contribution in [0.2, 0.25) is 0 Å². The number of carboxylic acids is 1. The van der Waals surface area contributed by atoms with Gasteiger partial charge in [-0.05, 0) is 17.7 Å². The Balaban J connectivity index is 2.77. The average molecular weight is 209 g/mol. The summed E-state index contributed by atoms with van der Waals surface area (Å²) < 4.78 is 0. The van der Waals surface area contributed by atoms with Crippen molar-refractivity contribution in [2.45, 2.75) is 6.42 Å². The monoisotopic (exact) mass is 209 g/mol. The highest BCUT2D eigenvalue weighted by atomic mass is 16.4. The molecule has 15 heavy (non-hydrogen) atoms. The first-order valence-corrected chi connectivity index (χ1v) is 4.76. The number of likely N-dealkylation sites (N-methyl/N-ethyl adjacent to an activating group) is 1. The lowest BCUT2D eigenvalue weighted by molar-refractivity contribution is -0.136. The highest BCUT2D eigenvalue weighted by Gasteiger charge is 2.03. The van der Waals surface area contributed by atoms with Crippen LogP contribution in [0.25, 0.3) is 0 Å². The molecule has 0 aromatic heterocycles. The van der Waals surface area contributed by atoms with Crippen molar-refractivity contribution >= 4 is 11.7 Å². The molecule has 1 rings (SSSR count). The summed E-state index contributed by atoms with van der Waals surface area (Å²) in [4.78, 5) is 12.4. The summed E-state index contributed by atoms with van der Waals surface area (Å²) >= 11 is 0. The maximum Gasteiger partial charge on any atom is 0.307 e. The number of hydrogen-bond donors (Lipinski definition) is 2.